The third kappa shape index (κ3) is 4.66. The van der Waals surface area contributed by atoms with Crippen LogP contribution in [0.4, 0.5) is 17.3 Å². The van der Waals surface area contributed by atoms with E-state index in [1.165, 1.54) is 12.4 Å². The van der Waals surface area contributed by atoms with Gasteiger partial charge >= 0.3 is 5.97 Å². The number of nitrogens with one attached hydrogen (secondary N) is 2. The molecule has 2 aromatic carbocycles. The highest BCUT2D eigenvalue weighted by atomic mass is 16.5. The Hall–Kier alpha value is -3.74. The van der Waals surface area contributed by atoms with Crippen LogP contribution in [-0.2, 0) is 4.74 Å². The SMILES string of the molecule is CCOC(=O)c1ccccc1NC(=O)c1cnc(Nc2ccccc2)nc1. The number of esters is 1. The Morgan fingerprint density at radius 2 is 1.63 bits per heavy atom. The van der Waals surface area contributed by atoms with Crippen LogP contribution in [0.25, 0.3) is 0 Å². The topological polar surface area (TPSA) is 93.2 Å². The van der Waals surface area contributed by atoms with Gasteiger partial charge in [-0.15, -0.1) is 0 Å². The van der Waals surface area contributed by atoms with Crippen LogP contribution in [0, 0.1) is 0 Å². The minimum atomic E-state index is -0.493. The lowest BCUT2D eigenvalue weighted by atomic mass is 10.1. The van der Waals surface area contributed by atoms with Crippen LogP contribution in [0.15, 0.2) is 67.0 Å². The summed E-state index contributed by atoms with van der Waals surface area (Å²) in [5, 5.41) is 5.74. The van der Waals surface area contributed by atoms with Crippen molar-refractivity contribution >= 4 is 29.2 Å². The predicted octanol–water partition coefficient (Wildman–Crippen LogP) is 3.65. The average Bonchev–Trinajstić information content (AvgIpc) is 2.70. The third-order valence-electron chi connectivity index (χ3n) is 3.61. The number of carbonyl (C=O) groups is 2. The van der Waals surface area contributed by atoms with Gasteiger partial charge in [0.05, 0.1) is 23.4 Å². The molecule has 0 aliphatic heterocycles. The highest BCUT2D eigenvalue weighted by Gasteiger charge is 2.15. The van der Waals surface area contributed by atoms with Gasteiger partial charge in [-0.25, -0.2) is 14.8 Å². The van der Waals surface area contributed by atoms with Crippen LogP contribution in [0.5, 0.6) is 0 Å². The molecule has 0 unspecified atom stereocenters. The van der Waals surface area contributed by atoms with Crippen LogP contribution in [-0.4, -0.2) is 28.5 Å². The summed E-state index contributed by atoms with van der Waals surface area (Å²) in [6, 6.07) is 16.1. The Bertz CT molecular complexity index is 927. The molecule has 2 N–H and O–H groups in total. The van der Waals surface area contributed by atoms with E-state index in [1.54, 1.807) is 31.2 Å². The van der Waals surface area contributed by atoms with E-state index in [1.807, 2.05) is 30.3 Å². The van der Waals surface area contributed by atoms with Gasteiger partial charge in [0.15, 0.2) is 0 Å². The number of ether oxygens (including phenoxy) is 1. The van der Waals surface area contributed by atoms with Crippen molar-refractivity contribution in [1.29, 1.82) is 0 Å². The number of anilines is 3. The van der Waals surface area contributed by atoms with Crippen molar-refractivity contribution in [2.45, 2.75) is 6.92 Å². The first-order chi connectivity index (χ1) is 13.2. The van der Waals surface area contributed by atoms with Crippen LogP contribution in [0.3, 0.4) is 0 Å². The van der Waals surface area contributed by atoms with Gasteiger partial charge in [0.1, 0.15) is 0 Å². The summed E-state index contributed by atoms with van der Waals surface area (Å²) in [7, 11) is 0. The summed E-state index contributed by atoms with van der Waals surface area (Å²) in [6.45, 7) is 1.98. The lowest BCUT2D eigenvalue weighted by molar-refractivity contribution is 0.0527. The van der Waals surface area contributed by atoms with Gasteiger partial charge in [-0.05, 0) is 31.2 Å². The Morgan fingerprint density at radius 1 is 0.963 bits per heavy atom. The quantitative estimate of drug-likeness (QED) is 0.650. The molecule has 0 spiro atoms. The molecule has 27 heavy (non-hydrogen) atoms. The van der Waals surface area contributed by atoms with E-state index in [0.717, 1.165) is 5.69 Å². The fourth-order valence-corrected chi connectivity index (χ4v) is 2.33. The fourth-order valence-electron chi connectivity index (χ4n) is 2.33. The summed E-state index contributed by atoms with van der Waals surface area (Å²) in [5.74, 6) is -0.533. The van der Waals surface area contributed by atoms with Crippen molar-refractivity contribution < 1.29 is 14.3 Å². The van der Waals surface area contributed by atoms with Gasteiger partial charge in [-0.3, -0.25) is 4.79 Å². The number of para-hydroxylation sites is 2. The maximum Gasteiger partial charge on any atom is 0.340 e. The molecule has 7 nitrogen and oxygen atoms in total. The van der Waals surface area contributed by atoms with E-state index in [9.17, 15) is 9.59 Å². The highest BCUT2D eigenvalue weighted by Crippen LogP contribution is 2.18. The molecule has 0 aliphatic rings. The molecule has 0 saturated carbocycles. The van der Waals surface area contributed by atoms with Crippen LogP contribution in [0.2, 0.25) is 0 Å². The van der Waals surface area contributed by atoms with Crippen molar-refractivity contribution in [3.63, 3.8) is 0 Å². The van der Waals surface area contributed by atoms with Crippen molar-refractivity contribution in [3.05, 3.63) is 78.1 Å². The lowest BCUT2D eigenvalue weighted by Gasteiger charge is -2.10. The van der Waals surface area contributed by atoms with Gasteiger partial charge in [0.2, 0.25) is 5.95 Å². The molecule has 0 bridgehead atoms. The predicted molar refractivity (Wildman–Crippen MR) is 102 cm³/mol. The van der Waals surface area contributed by atoms with E-state index in [-0.39, 0.29) is 17.7 Å². The van der Waals surface area contributed by atoms with Gasteiger partial charge in [0, 0.05) is 18.1 Å². The van der Waals surface area contributed by atoms with Crippen LogP contribution in [0.1, 0.15) is 27.6 Å². The van der Waals surface area contributed by atoms with Crippen molar-refractivity contribution in [2.75, 3.05) is 17.2 Å². The van der Waals surface area contributed by atoms with E-state index >= 15 is 0 Å². The second kappa shape index (κ2) is 8.57. The summed E-state index contributed by atoms with van der Waals surface area (Å²) >= 11 is 0. The van der Waals surface area contributed by atoms with Crippen molar-refractivity contribution in [3.8, 4) is 0 Å². The minimum absolute atomic E-state index is 0.255. The standard InChI is InChI=1S/C20H18N4O3/c1-2-27-19(26)16-10-6-7-11-17(16)24-18(25)14-12-21-20(22-13-14)23-15-8-4-3-5-9-15/h3-13H,2H2,1H3,(H,24,25)(H,21,22,23). The second-order valence-electron chi connectivity index (χ2n) is 5.51. The molecule has 7 heteroatoms. The van der Waals surface area contributed by atoms with Crippen LogP contribution >= 0.6 is 0 Å². The Kier molecular flexibility index (Phi) is 5.73. The number of hydrogen-bond donors (Lipinski definition) is 2. The number of rotatable bonds is 6. The van der Waals surface area contributed by atoms with Crippen molar-refractivity contribution in [1.82, 2.24) is 9.97 Å². The van der Waals surface area contributed by atoms with Gasteiger partial charge in [-0.1, -0.05) is 30.3 Å². The smallest absolute Gasteiger partial charge is 0.340 e. The monoisotopic (exact) mass is 362 g/mol. The normalized spacial score (nSPS) is 10.1. The van der Waals surface area contributed by atoms with Crippen LogP contribution < -0.4 is 10.6 Å². The maximum atomic E-state index is 12.5. The summed E-state index contributed by atoms with van der Waals surface area (Å²) < 4.78 is 5.01. The zero-order chi connectivity index (χ0) is 19.1. The maximum absolute atomic E-state index is 12.5. The molecule has 0 fully saturated rings. The lowest BCUT2D eigenvalue weighted by Crippen LogP contribution is -2.16. The number of nitrogens with zero attached hydrogens (tertiary/aromatic N) is 2. The second-order valence-corrected chi connectivity index (χ2v) is 5.51. The molecule has 0 atom stereocenters. The Labute approximate surface area is 156 Å². The van der Waals surface area contributed by atoms with E-state index in [4.69, 9.17) is 4.74 Å². The molecule has 0 saturated heterocycles. The zero-order valence-electron chi connectivity index (χ0n) is 14.7. The summed E-state index contributed by atoms with van der Waals surface area (Å²) in [5.41, 5.74) is 1.77. The molecule has 3 aromatic rings. The number of aromatic nitrogens is 2. The van der Waals surface area contributed by atoms with Gasteiger partial charge in [0.25, 0.3) is 5.91 Å². The van der Waals surface area contributed by atoms with Gasteiger partial charge < -0.3 is 15.4 Å². The summed E-state index contributed by atoms with van der Waals surface area (Å²) in [6.07, 6.45) is 2.83. The van der Waals surface area contributed by atoms with Gasteiger partial charge in [-0.2, -0.15) is 0 Å². The first-order valence-corrected chi connectivity index (χ1v) is 8.39. The van der Waals surface area contributed by atoms with Crippen molar-refractivity contribution in [2.24, 2.45) is 0 Å². The first-order valence-electron chi connectivity index (χ1n) is 8.39. The molecular formula is C20H18N4O3. The molecule has 1 heterocycles. The molecule has 0 radical (unpaired) electrons. The number of hydrogen-bond acceptors (Lipinski definition) is 6. The molecule has 0 aliphatic carbocycles. The zero-order valence-corrected chi connectivity index (χ0v) is 14.7. The molecule has 136 valence electrons. The van der Waals surface area contributed by atoms with E-state index in [0.29, 0.717) is 11.6 Å². The molecule has 1 aromatic heterocycles. The number of amides is 1. The number of benzene rings is 2. The summed E-state index contributed by atoms with van der Waals surface area (Å²) in [4.78, 5) is 32.7. The first kappa shape index (κ1) is 18.1. The molecule has 1 amide bonds. The highest BCUT2D eigenvalue weighted by molar-refractivity contribution is 6.07. The largest absolute Gasteiger partial charge is 0.462 e. The van der Waals surface area contributed by atoms with E-state index in [2.05, 4.69) is 20.6 Å². The Morgan fingerprint density at radius 3 is 2.33 bits per heavy atom. The average molecular weight is 362 g/mol. The molecule has 3 rings (SSSR count). The molecular weight excluding hydrogens is 344 g/mol. The Balaban J connectivity index is 1.71. The third-order valence-corrected chi connectivity index (χ3v) is 3.61. The fraction of sp³-hybridized carbons (Fsp3) is 0.100. The minimum Gasteiger partial charge on any atom is -0.462 e. The van der Waals surface area contributed by atoms with E-state index < -0.39 is 11.9 Å². The number of carbonyl (C=O) groups excluding carboxylic acids is 2.